The van der Waals surface area contributed by atoms with E-state index in [4.69, 9.17) is 18.9 Å². The Bertz CT molecular complexity index is 290. The van der Waals surface area contributed by atoms with Gasteiger partial charge in [0.25, 0.3) is 0 Å². The molecule has 0 radical (unpaired) electrons. The largest absolute Gasteiger partial charge is 0.498 e. The van der Waals surface area contributed by atoms with Gasteiger partial charge in [-0.1, -0.05) is 12.7 Å². The van der Waals surface area contributed by atoms with E-state index in [1.807, 2.05) is 6.92 Å². The highest BCUT2D eigenvalue weighted by molar-refractivity contribution is 5.02. The van der Waals surface area contributed by atoms with Crippen molar-refractivity contribution < 1.29 is 18.9 Å². The van der Waals surface area contributed by atoms with Crippen molar-refractivity contribution in [2.45, 2.75) is 13.0 Å². The lowest BCUT2D eigenvalue weighted by molar-refractivity contribution is -0.257. The van der Waals surface area contributed by atoms with Crippen LogP contribution in [0.4, 0.5) is 0 Å². The van der Waals surface area contributed by atoms with E-state index in [1.54, 1.807) is 30.5 Å². The summed E-state index contributed by atoms with van der Waals surface area (Å²) in [7, 11) is 0. The van der Waals surface area contributed by atoms with Crippen LogP contribution in [0.3, 0.4) is 0 Å². The van der Waals surface area contributed by atoms with Crippen LogP contribution >= 0.6 is 0 Å². The molecule has 1 unspecified atom stereocenters. The Hall–Kier alpha value is -1.68. The Kier molecular flexibility index (Phi) is 5.11. The predicted octanol–water partition coefficient (Wildman–Crippen LogP) is 2.69. The van der Waals surface area contributed by atoms with E-state index < -0.39 is 0 Å². The molecule has 0 amide bonds. The summed E-state index contributed by atoms with van der Waals surface area (Å²) in [5, 5.41) is 0. The molecule has 0 spiro atoms. The fourth-order valence-electron chi connectivity index (χ4n) is 0.770. The van der Waals surface area contributed by atoms with Crippen molar-refractivity contribution in [1.29, 1.82) is 0 Å². The number of ether oxygens (including phenoxy) is 1. The third kappa shape index (κ3) is 4.93. The SMILES string of the molecule is C=C/C=C\OCC(C)OOc1ccco1. The first-order chi connectivity index (χ1) is 7.33. The van der Waals surface area contributed by atoms with Crippen molar-refractivity contribution in [3.63, 3.8) is 0 Å². The summed E-state index contributed by atoms with van der Waals surface area (Å²) >= 11 is 0. The van der Waals surface area contributed by atoms with Gasteiger partial charge in [0.15, 0.2) is 0 Å². The smallest absolute Gasteiger partial charge is 0.321 e. The van der Waals surface area contributed by atoms with E-state index in [2.05, 4.69) is 6.58 Å². The second-order valence-electron chi connectivity index (χ2n) is 2.82. The summed E-state index contributed by atoms with van der Waals surface area (Å²) < 4.78 is 10.0. The summed E-state index contributed by atoms with van der Waals surface area (Å²) in [5.41, 5.74) is 0. The molecule has 4 nitrogen and oxygen atoms in total. The van der Waals surface area contributed by atoms with Gasteiger partial charge in [0, 0.05) is 6.07 Å². The number of allylic oxidation sites excluding steroid dienone is 2. The molecule has 1 rings (SSSR count). The van der Waals surface area contributed by atoms with Gasteiger partial charge in [-0.2, -0.15) is 4.89 Å². The van der Waals surface area contributed by atoms with Gasteiger partial charge in [0.2, 0.25) is 0 Å². The first-order valence-corrected chi connectivity index (χ1v) is 4.59. The molecule has 1 aromatic heterocycles. The van der Waals surface area contributed by atoms with Crippen LogP contribution < -0.4 is 4.89 Å². The van der Waals surface area contributed by atoms with Crippen LogP contribution in [-0.2, 0) is 9.62 Å². The van der Waals surface area contributed by atoms with Gasteiger partial charge in [-0.15, -0.1) is 0 Å². The lowest BCUT2D eigenvalue weighted by Crippen LogP contribution is -2.16. The van der Waals surface area contributed by atoms with Crippen LogP contribution in [-0.4, -0.2) is 12.7 Å². The molecule has 1 atom stereocenters. The second kappa shape index (κ2) is 6.73. The monoisotopic (exact) mass is 210 g/mol. The highest BCUT2D eigenvalue weighted by Gasteiger charge is 2.05. The molecular formula is C11H14O4. The van der Waals surface area contributed by atoms with Crippen LogP contribution in [0.15, 0.2) is 47.8 Å². The Morgan fingerprint density at radius 2 is 2.47 bits per heavy atom. The van der Waals surface area contributed by atoms with Gasteiger partial charge in [-0.25, -0.2) is 0 Å². The minimum atomic E-state index is -0.190. The molecule has 4 heteroatoms. The molecule has 0 saturated carbocycles. The molecule has 0 aromatic carbocycles. The third-order valence-electron chi connectivity index (χ3n) is 1.43. The summed E-state index contributed by atoms with van der Waals surface area (Å²) in [6.07, 6.45) is 6.18. The molecular weight excluding hydrogens is 196 g/mol. The summed E-state index contributed by atoms with van der Waals surface area (Å²) in [6.45, 7) is 5.73. The highest BCUT2D eigenvalue weighted by atomic mass is 17.2. The van der Waals surface area contributed by atoms with Gasteiger partial charge >= 0.3 is 5.95 Å². The summed E-state index contributed by atoms with van der Waals surface area (Å²) in [4.78, 5) is 9.86. The Labute approximate surface area is 88.7 Å². The lowest BCUT2D eigenvalue weighted by Gasteiger charge is -2.09. The quantitative estimate of drug-likeness (QED) is 0.300. The van der Waals surface area contributed by atoms with Crippen molar-refractivity contribution in [3.8, 4) is 5.95 Å². The van der Waals surface area contributed by atoms with Gasteiger partial charge < -0.3 is 9.15 Å². The molecule has 0 aliphatic rings. The average Bonchev–Trinajstić information content (AvgIpc) is 2.74. The van der Waals surface area contributed by atoms with E-state index in [0.29, 0.717) is 12.6 Å². The van der Waals surface area contributed by atoms with Crippen molar-refractivity contribution >= 4 is 0 Å². The Morgan fingerprint density at radius 1 is 1.60 bits per heavy atom. The van der Waals surface area contributed by atoms with Crippen molar-refractivity contribution in [1.82, 2.24) is 0 Å². The van der Waals surface area contributed by atoms with E-state index >= 15 is 0 Å². The van der Waals surface area contributed by atoms with Crippen LogP contribution in [0.1, 0.15) is 6.92 Å². The zero-order valence-corrected chi connectivity index (χ0v) is 8.59. The van der Waals surface area contributed by atoms with Crippen LogP contribution in [0, 0.1) is 0 Å². The minimum absolute atomic E-state index is 0.190. The molecule has 0 N–H and O–H groups in total. The molecule has 15 heavy (non-hydrogen) atoms. The van der Waals surface area contributed by atoms with Gasteiger partial charge in [0.1, 0.15) is 12.7 Å². The minimum Gasteiger partial charge on any atom is -0.498 e. The average molecular weight is 210 g/mol. The standard InChI is InChI=1S/C11H14O4/c1-3-4-7-12-9-10(2)14-15-11-6-5-8-13-11/h3-8,10H,1,9H2,2H3/b7-4-. The van der Waals surface area contributed by atoms with E-state index in [-0.39, 0.29) is 6.10 Å². The molecule has 1 aromatic rings. The van der Waals surface area contributed by atoms with Gasteiger partial charge in [-0.05, 0) is 19.1 Å². The molecule has 82 valence electrons. The third-order valence-corrected chi connectivity index (χ3v) is 1.43. The first-order valence-electron chi connectivity index (χ1n) is 4.59. The van der Waals surface area contributed by atoms with Gasteiger partial charge in [0.05, 0.1) is 12.5 Å². The number of hydrogen-bond donors (Lipinski definition) is 0. The lowest BCUT2D eigenvalue weighted by atomic mass is 10.4. The fourth-order valence-corrected chi connectivity index (χ4v) is 0.770. The number of hydrogen-bond acceptors (Lipinski definition) is 4. The highest BCUT2D eigenvalue weighted by Crippen LogP contribution is 2.11. The van der Waals surface area contributed by atoms with Crippen LogP contribution in [0.5, 0.6) is 5.95 Å². The van der Waals surface area contributed by atoms with Crippen LogP contribution in [0.2, 0.25) is 0 Å². The molecule has 0 aliphatic carbocycles. The Morgan fingerprint density at radius 3 is 3.13 bits per heavy atom. The molecule has 0 saturated heterocycles. The second-order valence-corrected chi connectivity index (χ2v) is 2.82. The zero-order chi connectivity index (χ0) is 10.9. The summed E-state index contributed by atoms with van der Waals surface area (Å²) in [5.74, 6) is 0.323. The van der Waals surface area contributed by atoms with Crippen LogP contribution in [0.25, 0.3) is 0 Å². The normalized spacial score (nSPS) is 12.6. The topological polar surface area (TPSA) is 40.8 Å². The van der Waals surface area contributed by atoms with Gasteiger partial charge in [-0.3, -0.25) is 4.89 Å². The molecule has 0 aliphatic heterocycles. The molecule has 0 bridgehead atoms. The Balaban J connectivity index is 2.10. The summed E-state index contributed by atoms with van der Waals surface area (Å²) in [6, 6.07) is 3.37. The molecule has 1 heterocycles. The number of rotatable bonds is 7. The van der Waals surface area contributed by atoms with Crippen molar-refractivity contribution in [3.05, 3.63) is 43.4 Å². The zero-order valence-electron chi connectivity index (χ0n) is 8.59. The van der Waals surface area contributed by atoms with Crippen molar-refractivity contribution in [2.75, 3.05) is 6.61 Å². The van der Waals surface area contributed by atoms with E-state index in [9.17, 15) is 0 Å². The molecule has 0 fully saturated rings. The van der Waals surface area contributed by atoms with Crippen molar-refractivity contribution in [2.24, 2.45) is 0 Å². The fraction of sp³-hybridized carbons (Fsp3) is 0.273. The van der Waals surface area contributed by atoms with E-state index in [1.165, 1.54) is 6.26 Å². The predicted molar refractivity (Wildman–Crippen MR) is 55.2 cm³/mol. The maximum Gasteiger partial charge on any atom is 0.321 e. The van der Waals surface area contributed by atoms with E-state index in [0.717, 1.165) is 0 Å². The first kappa shape index (κ1) is 11.4. The maximum atomic E-state index is 5.12. The number of furan rings is 1. The maximum absolute atomic E-state index is 5.12.